The first-order valence-electron chi connectivity index (χ1n) is 3.73. The maximum Gasteiger partial charge on any atom is 0.0730 e. The van der Waals surface area contributed by atoms with Gasteiger partial charge in [0, 0.05) is 0 Å². The van der Waals surface area contributed by atoms with Gasteiger partial charge in [-0.2, -0.15) is 5.10 Å². The minimum absolute atomic E-state index is 0. The summed E-state index contributed by atoms with van der Waals surface area (Å²) in [6, 6.07) is 0. The molecule has 0 radical (unpaired) electrons. The number of nitrogens with two attached hydrogens (primary N) is 1. The summed E-state index contributed by atoms with van der Waals surface area (Å²) in [5.74, 6) is 0. The lowest BCUT2D eigenvalue weighted by molar-refractivity contribution is 0.348. The average molecular weight is 226 g/mol. The third kappa shape index (κ3) is 3.08. The van der Waals surface area contributed by atoms with Gasteiger partial charge in [-0.25, -0.2) is 0 Å². The van der Waals surface area contributed by atoms with Crippen LogP contribution in [0.2, 0.25) is 0 Å². The van der Waals surface area contributed by atoms with Crippen LogP contribution in [0.15, 0.2) is 6.20 Å². The largest absolute Gasteiger partial charge is 0.396 e. The fourth-order valence-electron chi connectivity index (χ4n) is 1.10. The Kier molecular flexibility index (Phi) is 5.48. The predicted molar refractivity (Wildman–Crippen MR) is 60.9 cm³/mol. The Morgan fingerprint density at radius 2 is 1.77 bits per heavy atom. The molecular weight excluding hydrogens is 209 g/mol. The lowest BCUT2D eigenvalue weighted by atomic mass is 10.1. The van der Waals surface area contributed by atoms with E-state index in [0.29, 0.717) is 0 Å². The normalized spacial score (nSPS) is 10.2. The fourth-order valence-corrected chi connectivity index (χ4v) is 1.10. The maximum atomic E-state index is 5.65. The highest BCUT2D eigenvalue weighted by Crippen LogP contribution is 2.18. The number of halogens is 2. The van der Waals surface area contributed by atoms with Gasteiger partial charge in [-0.1, -0.05) is 0 Å². The van der Waals surface area contributed by atoms with Crippen LogP contribution in [0.25, 0.3) is 0 Å². The Labute approximate surface area is 91.5 Å². The molecule has 0 unspecified atom stereocenters. The van der Waals surface area contributed by atoms with Gasteiger partial charge in [0.05, 0.1) is 23.1 Å². The van der Waals surface area contributed by atoms with E-state index in [2.05, 4.69) is 25.9 Å². The van der Waals surface area contributed by atoms with Gasteiger partial charge in [0.15, 0.2) is 0 Å². The standard InChI is InChI=1S/C8H15N3.2ClH/c1-6-7(9)5-10-11(6)8(2,3)4;;/h5H,9H2,1-4H3;2*1H. The lowest BCUT2D eigenvalue weighted by Crippen LogP contribution is -2.24. The lowest BCUT2D eigenvalue weighted by Gasteiger charge is -2.21. The highest BCUT2D eigenvalue weighted by Gasteiger charge is 2.16. The van der Waals surface area contributed by atoms with Gasteiger partial charge in [0.25, 0.3) is 0 Å². The summed E-state index contributed by atoms with van der Waals surface area (Å²) >= 11 is 0. The van der Waals surface area contributed by atoms with Crippen molar-refractivity contribution in [3.63, 3.8) is 0 Å². The molecule has 0 spiro atoms. The van der Waals surface area contributed by atoms with E-state index in [9.17, 15) is 0 Å². The SMILES string of the molecule is Cc1c(N)cnn1C(C)(C)C.Cl.Cl. The molecule has 0 amide bonds. The summed E-state index contributed by atoms with van der Waals surface area (Å²) in [7, 11) is 0. The first-order valence-corrected chi connectivity index (χ1v) is 3.73. The molecule has 0 saturated carbocycles. The second kappa shape index (κ2) is 4.72. The molecule has 0 atom stereocenters. The molecule has 0 bridgehead atoms. The number of nitrogen functional groups attached to an aromatic ring is 1. The molecule has 2 N–H and O–H groups in total. The topological polar surface area (TPSA) is 43.8 Å². The zero-order valence-corrected chi connectivity index (χ0v) is 10.00. The van der Waals surface area contributed by atoms with Crippen LogP contribution in [0.4, 0.5) is 5.69 Å². The summed E-state index contributed by atoms with van der Waals surface area (Å²) in [6.45, 7) is 8.29. The smallest absolute Gasteiger partial charge is 0.0730 e. The van der Waals surface area contributed by atoms with E-state index in [1.807, 2.05) is 11.6 Å². The molecule has 0 aliphatic heterocycles. The van der Waals surface area contributed by atoms with Gasteiger partial charge in [-0.05, 0) is 27.7 Å². The summed E-state index contributed by atoms with van der Waals surface area (Å²) in [5.41, 5.74) is 7.49. The second-order valence-corrected chi connectivity index (χ2v) is 3.77. The minimum atomic E-state index is 0. The van der Waals surface area contributed by atoms with Crippen molar-refractivity contribution in [1.82, 2.24) is 9.78 Å². The van der Waals surface area contributed by atoms with Gasteiger partial charge in [-0.15, -0.1) is 24.8 Å². The second-order valence-electron chi connectivity index (χ2n) is 3.77. The number of nitrogens with zero attached hydrogens (tertiary/aromatic N) is 2. The molecule has 1 aromatic rings. The molecule has 0 saturated heterocycles. The first-order chi connectivity index (χ1) is 4.93. The molecule has 0 aromatic carbocycles. The number of aromatic nitrogens is 2. The Morgan fingerprint density at radius 3 is 1.92 bits per heavy atom. The van der Waals surface area contributed by atoms with Crippen LogP contribution in [0.3, 0.4) is 0 Å². The fraction of sp³-hybridized carbons (Fsp3) is 0.625. The van der Waals surface area contributed by atoms with Crippen LogP contribution in [-0.2, 0) is 5.54 Å². The van der Waals surface area contributed by atoms with Crippen LogP contribution in [0.1, 0.15) is 26.5 Å². The van der Waals surface area contributed by atoms with Crippen molar-refractivity contribution >= 4 is 30.5 Å². The van der Waals surface area contributed by atoms with Crippen LogP contribution < -0.4 is 5.73 Å². The quantitative estimate of drug-likeness (QED) is 0.738. The third-order valence-electron chi connectivity index (χ3n) is 1.68. The van der Waals surface area contributed by atoms with Gasteiger partial charge in [-0.3, -0.25) is 4.68 Å². The number of anilines is 1. The highest BCUT2D eigenvalue weighted by atomic mass is 35.5. The van der Waals surface area contributed by atoms with E-state index in [-0.39, 0.29) is 30.4 Å². The highest BCUT2D eigenvalue weighted by molar-refractivity contribution is 5.85. The first kappa shape index (κ1) is 15.1. The van der Waals surface area contributed by atoms with Crippen LogP contribution in [-0.4, -0.2) is 9.78 Å². The monoisotopic (exact) mass is 225 g/mol. The average Bonchev–Trinajstić information content (AvgIpc) is 2.11. The van der Waals surface area contributed by atoms with E-state index in [0.717, 1.165) is 11.4 Å². The van der Waals surface area contributed by atoms with E-state index in [4.69, 9.17) is 5.73 Å². The molecule has 5 heteroatoms. The predicted octanol–water partition coefficient (Wildman–Crippen LogP) is 2.37. The zero-order valence-electron chi connectivity index (χ0n) is 8.37. The van der Waals surface area contributed by atoms with Crippen molar-refractivity contribution in [3.8, 4) is 0 Å². The van der Waals surface area contributed by atoms with E-state index >= 15 is 0 Å². The molecule has 13 heavy (non-hydrogen) atoms. The molecule has 3 nitrogen and oxygen atoms in total. The van der Waals surface area contributed by atoms with Crippen molar-refractivity contribution in [3.05, 3.63) is 11.9 Å². The molecule has 1 heterocycles. The summed E-state index contributed by atoms with van der Waals surface area (Å²) < 4.78 is 1.93. The van der Waals surface area contributed by atoms with Crippen LogP contribution >= 0.6 is 24.8 Å². The van der Waals surface area contributed by atoms with Crippen LogP contribution in [0.5, 0.6) is 0 Å². The van der Waals surface area contributed by atoms with E-state index < -0.39 is 0 Å². The number of hydrogen-bond donors (Lipinski definition) is 1. The van der Waals surface area contributed by atoms with Gasteiger partial charge < -0.3 is 5.73 Å². The number of hydrogen-bond acceptors (Lipinski definition) is 2. The Balaban J connectivity index is 0. The summed E-state index contributed by atoms with van der Waals surface area (Å²) in [5, 5.41) is 4.18. The number of rotatable bonds is 0. The Bertz CT molecular complexity index is 263. The van der Waals surface area contributed by atoms with E-state index in [1.54, 1.807) is 6.20 Å². The minimum Gasteiger partial charge on any atom is -0.396 e. The van der Waals surface area contributed by atoms with Crippen molar-refractivity contribution in [2.75, 3.05) is 5.73 Å². The molecule has 1 aromatic heterocycles. The van der Waals surface area contributed by atoms with Gasteiger partial charge in [0.2, 0.25) is 0 Å². The summed E-state index contributed by atoms with van der Waals surface area (Å²) in [6.07, 6.45) is 1.70. The van der Waals surface area contributed by atoms with Crippen molar-refractivity contribution in [1.29, 1.82) is 0 Å². The molecule has 0 fully saturated rings. The molecule has 1 rings (SSSR count). The Morgan fingerprint density at radius 1 is 1.31 bits per heavy atom. The maximum absolute atomic E-state index is 5.65. The Hall–Kier alpha value is -0.410. The molecule has 0 aliphatic rings. The van der Waals surface area contributed by atoms with Crippen molar-refractivity contribution < 1.29 is 0 Å². The van der Waals surface area contributed by atoms with Crippen LogP contribution in [0, 0.1) is 6.92 Å². The van der Waals surface area contributed by atoms with Crippen molar-refractivity contribution in [2.45, 2.75) is 33.2 Å². The van der Waals surface area contributed by atoms with Gasteiger partial charge >= 0.3 is 0 Å². The van der Waals surface area contributed by atoms with Crippen molar-refractivity contribution in [2.24, 2.45) is 0 Å². The molecular formula is C8H17Cl2N3. The third-order valence-corrected chi connectivity index (χ3v) is 1.68. The zero-order chi connectivity index (χ0) is 8.65. The van der Waals surface area contributed by atoms with Gasteiger partial charge in [0.1, 0.15) is 0 Å². The molecule has 78 valence electrons. The summed E-state index contributed by atoms with van der Waals surface area (Å²) in [4.78, 5) is 0. The molecule has 0 aliphatic carbocycles. The van der Waals surface area contributed by atoms with E-state index in [1.165, 1.54) is 0 Å².